The molecule has 3 heterocycles. The first kappa shape index (κ1) is 17.6. The van der Waals surface area contributed by atoms with E-state index < -0.39 is 5.97 Å². The van der Waals surface area contributed by atoms with Crippen molar-refractivity contribution in [2.75, 3.05) is 11.4 Å². The van der Waals surface area contributed by atoms with Crippen LogP contribution >= 0.6 is 0 Å². The molecular weight excluding hydrogens is 373 g/mol. The van der Waals surface area contributed by atoms with Gasteiger partial charge in [0.15, 0.2) is 11.6 Å². The van der Waals surface area contributed by atoms with Gasteiger partial charge in [-0.3, -0.25) is 0 Å². The van der Waals surface area contributed by atoms with Crippen LogP contribution in [0.15, 0.2) is 46.9 Å². The Morgan fingerprint density at radius 2 is 2.03 bits per heavy atom. The van der Waals surface area contributed by atoms with Crippen LogP contribution in [0.25, 0.3) is 33.5 Å². The zero-order valence-corrected chi connectivity index (χ0v) is 15.7. The molecule has 6 nitrogen and oxygen atoms in total. The minimum absolute atomic E-state index is 0.166. The van der Waals surface area contributed by atoms with Crippen molar-refractivity contribution in [2.24, 2.45) is 0 Å². The van der Waals surface area contributed by atoms with E-state index in [9.17, 15) is 14.3 Å². The van der Waals surface area contributed by atoms with E-state index in [1.54, 1.807) is 12.1 Å². The van der Waals surface area contributed by atoms with Crippen LogP contribution in [0.1, 0.15) is 30.1 Å². The van der Waals surface area contributed by atoms with Gasteiger partial charge in [0.05, 0.1) is 16.6 Å². The van der Waals surface area contributed by atoms with E-state index in [2.05, 4.69) is 11.8 Å². The summed E-state index contributed by atoms with van der Waals surface area (Å²) in [6, 6.07) is 11.2. The SMILES string of the molecule is CC1CCCN1c1nc2cc(C(=O)O)ccc2nc1-c1cc2ccc(F)cc2o1. The molecule has 0 amide bonds. The lowest BCUT2D eigenvalue weighted by Crippen LogP contribution is -2.28. The highest BCUT2D eigenvalue weighted by molar-refractivity contribution is 5.94. The number of benzene rings is 2. The second kappa shape index (κ2) is 6.55. The van der Waals surface area contributed by atoms with Crippen LogP contribution in [-0.4, -0.2) is 33.6 Å². The highest BCUT2D eigenvalue weighted by Crippen LogP contribution is 2.36. The number of nitrogens with zero attached hydrogens (tertiary/aromatic N) is 3. The second-order valence-corrected chi connectivity index (χ2v) is 7.38. The minimum Gasteiger partial charge on any atom is -0.478 e. The molecule has 1 fully saturated rings. The average Bonchev–Trinajstić information content (AvgIpc) is 3.31. The van der Waals surface area contributed by atoms with Crippen molar-refractivity contribution in [3.05, 3.63) is 53.8 Å². The average molecular weight is 391 g/mol. The first-order valence-corrected chi connectivity index (χ1v) is 9.51. The standard InChI is InChI=1S/C22H18FN3O3/c1-12-3-2-8-26(12)21-20(19-10-13-4-6-15(23)11-18(13)29-19)24-16-7-5-14(22(27)28)9-17(16)25-21/h4-7,9-12H,2-3,8H2,1H3,(H,27,28). The molecule has 1 saturated heterocycles. The summed E-state index contributed by atoms with van der Waals surface area (Å²) in [7, 11) is 0. The van der Waals surface area contributed by atoms with E-state index in [4.69, 9.17) is 14.4 Å². The van der Waals surface area contributed by atoms with Crippen molar-refractivity contribution in [3.8, 4) is 11.5 Å². The van der Waals surface area contributed by atoms with E-state index >= 15 is 0 Å². The third-order valence-corrected chi connectivity index (χ3v) is 5.43. The molecule has 1 N–H and O–H groups in total. The quantitative estimate of drug-likeness (QED) is 0.537. The maximum Gasteiger partial charge on any atom is 0.335 e. The highest BCUT2D eigenvalue weighted by atomic mass is 19.1. The van der Waals surface area contributed by atoms with Gasteiger partial charge in [-0.25, -0.2) is 19.2 Å². The molecule has 1 aliphatic rings. The summed E-state index contributed by atoms with van der Waals surface area (Å²) in [4.78, 5) is 23.1. The fourth-order valence-electron chi connectivity index (χ4n) is 3.91. The van der Waals surface area contributed by atoms with Crippen LogP contribution in [0.4, 0.5) is 10.2 Å². The van der Waals surface area contributed by atoms with Crippen LogP contribution < -0.4 is 4.90 Å². The maximum absolute atomic E-state index is 13.6. The van der Waals surface area contributed by atoms with Gasteiger partial charge < -0.3 is 14.4 Å². The first-order valence-electron chi connectivity index (χ1n) is 9.51. The summed E-state index contributed by atoms with van der Waals surface area (Å²) in [5.41, 5.74) is 2.28. The summed E-state index contributed by atoms with van der Waals surface area (Å²) in [5, 5.41) is 10.1. The zero-order chi connectivity index (χ0) is 20.1. The molecule has 7 heteroatoms. The number of halogens is 1. The number of fused-ring (bicyclic) bond motifs is 2. The van der Waals surface area contributed by atoms with Gasteiger partial charge in [-0.1, -0.05) is 0 Å². The van der Waals surface area contributed by atoms with Crippen LogP contribution in [0.3, 0.4) is 0 Å². The molecule has 0 aliphatic carbocycles. The predicted octanol–water partition coefficient (Wildman–Crippen LogP) is 4.87. The monoisotopic (exact) mass is 391 g/mol. The summed E-state index contributed by atoms with van der Waals surface area (Å²) >= 11 is 0. The van der Waals surface area contributed by atoms with Crippen LogP contribution in [0.5, 0.6) is 0 Å². The van der Waals surface area contributed by atoms with Crippen LogP contribution in [0.2, 0.25) is 0 Å². The van der Waals surface area contributed by atoms with Crippen molar-refractivity contribution in [1.82, 2.24) is 9.97 Å². The third-order valence-electron chi connectivity index (χ3n) is 5.43. The lowest BCUT2D eigenvalue weighted by Gasteiger charge is -2.24. The Bertz CT molecular complexity index is 1270. The number of aromatic carboxylic acids is 1. The Balaban J connectivity index is 1.75. The Kier molecular flexibility index (Phi) is 3.97. The molecule has 0 radical (unpaired) electrons. The van der Waals surface area contributed by atoms with E-state index in [-0.39, 0.29) is 17.4 Å². The number of rotatable bonds is 3. The predicted molar refractivity (Wildman–Crippen MR) is 108 cm³/mol. The van der Waals surface area contributed by atoms with Gasteiger partial charge in [0.25, 0.3) is 0 Å². The van der Waals surface area contributed by atoms with E-state index in [1.165, 1.54) is 24.3 Å². The van der Waals surface area contributed by atoms with Gasteiger partial charge in [-0.15, -0.1) is 0 Å². The zero-order valence-electron chi connectivity index (χ0n) is 15.7. The Morgan fingerprint density at radius 1 is 1.17 bits per heavy atom. The lowest BCUT2D eigenvalue weighted by atomic mass is 10.1. The lowest BCUT2D eigenvalue weighted by molar-refractivity contribution is 0.0697. The molecule has 0 spiro atoms. The van der Waals surface area contributed by atoms with Crippen LogP contribution in [-0.2, 0) is 0 Å². The fraction of sp³-hybridized carbons (Fsp3) is 0.227. The van der Waals surface area contributed by atoms with E-state index in [0.717, 1.165) is 24.8 Å². The van der Waals surface area contributed by atoms with Gasteiger partial charge in [-0.2, -0.15) is 0 Å². The van der Waals surface area contributed by atoms with Crippen molar-refractivity contribution >= 4 is 33.8 Å². The number of carboxylic acids is 1. The molecule has 146 valence electrons. The molecule has 1 atom stereocenters. The molecule has 29 heavy (non-hydrogen) atoms. The summed E-state index contributed by atoms with van der Waals surface area (Å²) in [6.45, 7) is 2.96. The summed E-state index contributed by atoms with van der Waals surface area (Å²) in [6.07, 6.45) is 2.08. The molecule has 0 bridgehead atoms. The Morgan fingerprint density at radius 3 is 2.79 bits per heavy atom. The Labute approximate surface area is 165 Å². The number of aromatic nitrogens is 2. The van der Waals surface area contributed by atoms with Crippen molar-refractivity contribution in [2.45, 2.75) is 25.8 Å². The fourth-order valence-corrected chi connectivity index (χ4v) is 3.91. The number of carbonyl (C=O) groups is 1. The topological polar surface area (TPSA) is 79.5 Å². The van der Waals surface area contributed by atoms with E-state index in [0.29, 0.717) is 33.9 Å². The minimum atomic E-state index is -1.01. The van der Waals surface area contributed by atoms with Crippen molar-refractivity contribution < 1.29 is 18.7 Å². The van der Waals surface area contributed by atoms with Crippen molar-refractivity contribution in [3.63, 3.8) is 0 Å². The van der Waals surface area contributed by atoms with Gasteiger partial charge in [-0.05, 0) is 56.2 Å². The van der Waals surface area contributed by atoms with Gasteiger partial charge in [0.2, 0.25) is 0 Å². The smallest absolute Gasteiger partial charge is 0.335 e. The molecule has 2 aromatic carbocycles. The molecule has 2 aromatic heterocycles. The molecule has 4 aromatic rings. The number of hydrogen-bond acceptors (Lipinski definition) is 5. The largest absolute Gasteiger partial charge is 0.478 e. The third kappa shape index (κ3) is 2.99. The summed E-state index contributed by atoms with van der Waals surface area (Å²) in [5.74, 6) is -0.202. The second-order valence-electron chi connectivity index (χ2n) is 7.38. The molecule has 5 rings (SSSR count). The van der Waals surface area contributed by atoms with Gasteiger partial charge >= 0.3 is 5.97 Å². The number of furan rings is 1. The summed E-state index contributed by atoms with van der Waals surface area (Å²) < 4.78 is 19.5. The highest BCUT2D eigenvalue weighted by Gasteiger charge is 2.27. The first-order chi connectivity index (χ1) is 14.0. The molecular formula is C22H18FN3O3. The maximum atomic E-state index is 13.6. The molecule has 1 unspecified atom stereocenters. The van der Waals surface area contributed by atoms with Gasteiger partial charge in [0, 0.05) is 24.0 Å². The normalized spacial score (nSPS) is 16.8. The van der Waals surface area contributed by atoms with Crippen molar-refractivity contribution in [1.29, 1.82) is 0 Å². The Hall–Kier alpha value is -3.48. The number of anilines is 1. The van der Waals surface area contributed by atoms with Gasteiger partial charge in [0.1, 0.15) is 17.1 Å². The number of hydrogen-bond donors (Lipinski definition) is 1. The molecule has 1 aliphatic heterocycles. The van der Waals surface area contributed by atoms with E-state index in [1.807, 2.05) is 6.07 Å². The van der Waals surface area contributed by atoms with Crippen LogP contribution in [0, 0.1) is 5.82 Å². The number of carboxylic acid groups (broad SMARTS) is 1. The molecule has 0 saturated carbocycles.